The average Bonchev–Trinajstić information content (AvgIpc) is 2.72. The van der Waals surface area contributed by atoms with Crippen molar-refractivity contribution in [3.05, 3.63) is 126 Å². The normalized spacial score (nSPS) is 9.07. The Hall–Kier alpha value is -3.23. The Kier molecular flexibility index (Phi) is 9.06. The number of nitrogens with one attached hydrogen (secondary N) is 1. The summed E-state index contributed by atoms with van der Waals surface area (Å²) in [6, 6.07) is 39.2. The minimum Gasteiger partial charge on any atom is -0.399 e. The molecule has 0 heterocycles. The largest absolute Gasteiger partial charge is 0.399 e. The molecule has 0 saturated carbocycles. The van der Waals surface area contributed by atoms with E-state index in [-0.39, 0.29) is 0 Å². The number of para-hydroxylation sites is 3. The topological polar surface area (TPSA) is 38.0 Å². The number of nitrogen functional groups attached to an aromatic ring is 1. The molecule has 0 radical (unpaired) electrons. The van der Waals surface area contributed by atoms with E-state index >= 15 is 0 Å². The molecule has 0 amide bonds. The van der Waals surface area contributed by atoms with Crippen molar-refractivity contribution in [1.82, 2.24) is 0 Å². The summed E-state index contributed by atoms with van der Waals surface area (Å²) in [4.78, 5) is 0. The Balaban J connectivity index is 0.000000159. The monoisotopic (exact) mass is 374 g/mol. The number of hydrogen-bond acceptors (Lipinski definition) is 2. The maximum absolute atomic E-state index is 5.54. The van der Waals surface area contributed by atoms with Gasteiger partial charge in [0.05, 0.1) is 0 Å². The van der Waals surface area contributed by atoms with Crippen molar-refractivity contribution < 1.29 is 0 Å². The molecule has 3 N–H and O–H groups in total. The van der Waals surface area contributed by atoms with Crippen LogP contribution in [0.1, 0.15) is 0 Å². The van der Waals surface area contributed by atoms with Gasteiger partial charge in [-0.3, -0.25) is 0 Å². The Morgan fingerprint density at radius 2 is 0.815 bits per heavy atom. The van der Waals surface area contributed by atoms with Crippen LogP contribution in [0.4, 0.5) is 17.1 Å². The van der Waals surface area contributed by atoms with E-state index in [1.54, 1.807) is 0 Å². The second-order valence-corrected chi connectivity index (χ2v) is 6.00. The van der Waals surface area contributed by atoms with Crippen LogP contribution in [-0.2, 0) is 0 Å². The van der Waals surface area contributed by atoms with Gasteiger partial charge in [0.15, 0.2) is 0 Å². The lowest BCUT2D eigenvalue weighted by atomic mass is 10.3. The SMILES string of the molecule is Clc1ccccc1.Nc1ccccc1.c1ccc(Nc2ccccc2)cc1. The quantitative estimate of drug-likeness (QED) is 0.369. The molecular formula is C24H23ClN2. The smallest absolute Gasteiger partial charge is 0.0405 e. The van der Waals surface area contributed by atoms with Crippen LogP contribution in [-0.4, -0.2) is 0 Å². The van der Waals surface area contributed by atoms with Crippen LogP contribution in [0.2, 0.25) is 5.02 Å². The number of benzene rings is 4. The number of nitrogens with two attached hydrogens (primary N) is 1. The van der Waals surface area contributed by atoms with Gasteiger partial charge in [-0.25, -0.2) is 0 Å². The molecule has 2 nitrogen and oxygen atoms in total. The average molecular weight is 375 g/mol. The summed E-state index contributed by atoms with van der Waals surface area (Å²) in [5, 5.41) is 4.10. The molecule has 0 aliphatic carbocycles. The lowest BCUT2D eigenvalue weighted by Crippen LogP contribution is -1.87. The summed E-state index contributed by atoms with van der Waals surface area (Å²) < 4.78 is 0. The predicted octanol–water partition coefficient (Wildman–Crippen LogP) is 7.04. The first kappa shape index (κ1) is 20.1. The zero-order chi connectivity index (χ0) is 19.2. The Morgan fingerprint density at radius 1 is 0.481 bits per heavy atom. The Bertz CT molecular complexity index is 777. The van der Waals surface area contributed by atoms with Gasteiger partial charge in [-0.05, 0) is 48.5 Å². The van der Waals surface area contributed by atoms with Crippen LogP contribution in [0.15, 0.2) is 121 Å². The van der Waals surface area contributed by atoms with Gasteiger partial charge >= 0.3 is 0 Å². The van der Waals surface area contributed by atoms with Gasteiger partial charge in [0.2, 0.25) is 0 Å². The molecule has 0 aromatic heterocycles. The highest BCUT2D eigenvalue weighted by atomic mass is 35.5. The predicted molar refractivity (Wildman–Crippen MR) is 118 cm³/mol. The van der Waals surface area contributed by atoms with E-state index in [2.05, 4.69) is 5.32 Å². The van der Waals surface area contributed by atoms with E-state index in [1.165, 1.54) is 0 Å². The van der Waals surface area contributed by atoms with Crippen molar-refractivity contribution in [1.29, 1.82) is 0 Å². The fraction of sp³-hybridized carbons (Fsp3) is 0. The Labute approximate surface area is 166 Å². The van der Waals surface area contributed by atoms with Crippen LogP contribution >= 0.6 is 11.6 Å². The highest BCUT2D eigenvalue weighted by Crippen LogP contribution is 2.14. The fourth-order valence-electron chi connectivity index (χ4n) is 2.08. The maximum atomic E-state index is 5.54. The van der Waals surface area contributed by atoms with Crippen molar-refractivity contribution >= 4 is 28.7 Å². The molecule has 0 saturated heterocycles. The molecule has 3 heteroatoms. The van der Waals surface area contributed by atoms with Gasteiger partial charge in [0.1, 0.15) is 0 Å². The van der Waals surface area contributed by atoms with Crippen molar-refractivity contribution in [2.24, 2.45) is 0 Å². The molecular weight excluding hydrogens is 352 g/mol. The van der Waals surface area contributed by atoms with Crippen LogP contribution in [0, 0.1) is 0 Å². The minimum absolute atomic E-state index is 0.794. The van der Waals surface area contributed by atoms with E-state index in [4.69, 9.17) is 17.3 Å². The van der Waals surface area contributed by atoms with Gasteiger partial charge in [0.25, 0.3) is 0 Å². The molecule has 0 fully saturated rings. The number of hydrogen-bond donors (Lipinski definition) is 2. The zero-order valence-electron chi connectivity index (χ0n) is 15.0. The van der Waals surface area contributed by atoms with Gasteiger partial charge in [0, 0.05) is 22.1 Å². The highest BCUT2D eigenvalue weighted by molar-refractivity contribution is 6.30. The summed E-state index contributed by atoms with van der Waals surface area (Å²) in [5.41, 5.74) is 8.42. The first-order chi connectivity index (χ1) is 13.2. The summed E-state index contributed by atoms with van der Waals surface area (Å²) in [6.45, 7) is 0. The third-order valence-corrected chi connectivity index (χ3v) is 3.62. The van der Waals surface area contributed by atoms with Crippen molar-refractivity contribution in [2.45, 2.75) is 0 Å². The molecule has 4 aromatic carbocycles. The van der Waals surface area contributed by atoms with E-state index < -0.39 is 0 Å². The molecule has 0 bridgehead atoms. The first-order valence-electron chi connectivity index (χ1n) is 8.62. The lowest BCUT2D eigenvalue weighted by Gasteiger charge is -2.04. The lowest BCUT2D eigenvalue weighted by molar-refractivity contribution is 1.55. The molecule has 4 rings (SSSR count). The minimum atomic E-state index is 0.794. The van der Waals surface area contributed by atoms with Gasteiger partial charge < -0.3 is 11.1 Å². The first-order valence-corrected chi connectivity index (χ1v) is 9.00. The fourth-order valence-corrected chi connectivity index (χ4v) is 2.22. The second kappa shape index (κ2) is 12.2. The molecule has 0 atom stereocenters. The van der Waals surface area contributed by atoms with Gasteiger partial charge in [-0.15, -0.1) is 0 Å². The highest BCUT2D eigenvalue weighted by Gasteiger charge is 1.89. The summed E-state index contributed by atoms with van der Waals surface area (Å²) in [6.07, 6.45) is 0. The van der Waals surface area contributed by atoms with Crippen LogP contribution in [0.5, 0.6) is 0 Å². The molecule has 27 heavy (non-hydrogen) atoms. The number of halogens is 1. The third kappa shape index (κ3) is 9.15. The van der Waals surface area contributed by atoms with Crippen molar-refractivity contribution in [3.63, 3.8) is 0 Å². The van der Waals surface area contributed by atoms with Crippen LogP contribution in [0.3, 0.4) is 0 Å². The standard InChI is InChI=1S/C12H11N.C6H5Cl.C6H7N/c1-3-7-11(8-4-1)13-12-9-5-2-6-10-12;2*7-6-4-2-1-3-5-6/h1-10,13H;1-5H;1-5H,7H2. The van der Waals surface area contributed by atoms with E-state index in [0.717, 1.165) is 22.1 Å². The molecule has 0 spiro atoms. The van der Waals surface area contributed by atoms with Crippen molar-refractivity contribution in [2.75, 3.05) is 11.1 Å². The zero-order valence-corrected chi connectivity index (χ0v) is 15.8. The number of rotatable bonds is 2. The summed E-state index contributed by atoms with van der Waals surface area (Å²) in [7, 11) is 0. The van der Waals surface area contributed by atoms with E-state index in [9.17, 15) is 0 Å². The van der Waals surface area contributed by atoms with Crippen molar-refractivity contribution in [3.8, 4) is 0 Å². The number of anilines is 3. The summed E-state index contributed by atoms with van der Waals surface area (Å²) >= 11 is 5.54. The van der Waals surface area contributed by atoms with E-state index in [0.29, 0.717) is 0 Å². The van der Waals surface area contributed by atoms with Crippen LogP contribution in [0.25, 0.3) is 0 Å². The van der Waals surface area contributed by atoms with Crippen LogP contribution < -0.4 is 11.1 Å². The summed E-state index contributed by atoms with van der Waals surface area (Å²) in [5.74, 6) is 0. The van der Waals surface area contributed by atoms with Gasteiger partial charge in [-0.1, -0.05) is 84.4 Å². The molecule has 0 aliphatic heterocycles. The molecule has 0 aliphatic rings. The maximum Gasteiger partial charge on any atom is 0.0405 e. The Morgan fingerprint density at radius 3 is 1.07 bits per heavy atom. The third-order valence-electron chi connectivity index (χ3n) is 3.37. The van der Waals surface area contributed by atoms with Gasteiger partial charge in [-0.2, -0.15) is 0 Å². The molecule has 0 unspecified atom stereocenters. The molecule has 136 valence electrons. The molecule has 4 aromatic rings. The van der Waals surface area contributed by atoms with E-state index in [1.807, 2.05) is 121 Å². The second-order valence-electron chi connectivity index (χ2n) is 5.56.